The molecule has 0 aliphatic carbocycles. The van der Waals surface area contributed by atoms with Crippen LogP contribution in [0.15, 0.2) is 0 Å². The average molecular weight is 283 g/mol. The highest BCUT2D eigenvalue weighted by Gasteiger charge is 2.37. The fourth-order valence-electron chi connectivity index (χ4n) is 3.25. The van der Waals surface area contributed by atoms with Crippen molar-refractivity contribution in [2.24, 2.45) is 0 Å². The zero-order valence-corrected chi connectivity index (χ0v) is 12.6. The Kier molecular flexibility index (Phi) is 4.22. The summed E-state index contributed by atoms with van der Waals surface area (Å²) in [4.78, 5) is 27.5. The predicted octanol–water partition coefficient (Wildman–Crippen LogP) is 1.12. The van der Waals surface area contributed by atoms with Crippen LogP contribution in [-0.2, 0) is 4.79 Å². The standard InChI is InChI=1S/C14H25N3O3/c1-10-8-16-6-4-5-11(16)9-17(10)13(20)15-14(2,3)7-12(18)19/h10-11H,4-9H2,1-3H3,(H,15,20)(H,18,19). The Labute approximate surface area is 120 Å². The van der Waals surface area contributed by atoms with E-state index < -0.39 is 11.5 Å². The van der Waals surface area contributed by atoms with Crippen LogP contribution < -0.4 is 5.32 Å². The molecule has 2 heterocycles. The average Bonchev–Trinajstić information content (AvgIpc) is 2.71. The first-order chi connectivity index (χ1) is 9.28. The van der Waals surface area contributed by atoms with Gasteiger partial charge in [-0.25, -0.2) is 4.79 Å². The van der Waals surface area contributed by atoms with E-state index in [-0.39, 0.29) is 18.5 Å². The molecule has 0 aromatic carbocycles. The zero-order valence-electron chi connectivity index (χ0n) is 12.6. The fourth-order valence-corrected chi connectivity index (χ4v) is 3.25. The molecule has 114 valence electrons. The second kappa shape index (κ2) is 5.60. The van der Waals surface area contributed by atoms with Crippen molar-refractivity contribution in [1.82, 2.24) is 15.1 Å². The lowest BCUT2D eigenvalue weighted by molar-refractivity contribution is -0.138. The molecule has 2 atom stereocenters. The number of nitrogens with zero attached hydrogens (tertiary/aromatic N) is 2. The molecule has 2 unspecified atom stereocenters. The zero-order chi connectivity index (χ0) is 14.9. The molecule has 6 nitrogen and oxygen atoms in total. The summed E-state index contributed by atoms with van der Waals surface area (Å²) in [5, 5.41) is 11.7. The number of fused-ring (bicyclic) bond motifs is 1. The van der Waals surface area contributed by atoms with Gasteiger partial charge in [0.2, 0.25) is 0 Å². The lowest BCUT2D eigenvalue weighted by Crippen LogP contribution is -2.61. The molecule has 0 saturated carbocycles. The van der Waals surface area contributed by atoms with Crippen LogP contribution in [0.2, 0.25) is 0 Å². The molecule has 2 amide bonds. The minimum atomic E-state index is -0.899. The number of carboxylic acids is 1. The number of piperazine rings is 1. The van der Waals surface area contributed by atoms with Crippen molar-refractivity contribution in [1.29, 1.82) is 0 Å². The second-order valence-corrected chi connectivity index (χ2v) is 6.68. The van der Waals surface area contributed by atoms with Crippen molar-refractivity contribution in [3.05, 3.63) is 0 Å². The molecule has 2 fully saturated rings. The Bertz CT molecular complexity index is 397. The number of hydrogen-bond acceptors (Lipinski definition) is 3. The molecular formula is C14H25N3O3. The molecule has 0 spiro atoms. The van der Waals surface area contributed by atoms with E-state index in [1.165, 1.54) is 6.42 Å². The van der Waals surface area contributed by atoms with E-state index in [4.69, 9.17) is 5.11 Å². The maximum absolute atomic E-state index is 12.4. The van der Waals surface area contributed by atoms with E-state index in [1.54, 1.807) is 13.8 Å². The number of urea groups is 1. The summed E-state index contributed by atoms with van der Waals surface area (Å²) >= 11 is 0. The van der Waals surface area contributed by atoms with Crippen LogP contribution in [0.4, 0.5) is 4.79 Å². The third-order valence-corrected chi connectivity index (χ3v) is 4.24. The lowest BCUT2D eigenvalue weighted by atomic mass is 10.0. The predicted molar refractivity (Wildman–Crippen MR) is 75.6 cm³/mol. The molecule has 2 rings (SSSR count). The van der Waals surface area contributed by atoms with E-state index in [9.17, 15) is 9.59 Å². The number of nitrogens with one attached hydrogen (secondary N) is 1. The van der Waals surface area contributed by atoms with E-state index in [0.717, 1.165) is 26.1 Å². The summed E-state index contributed by atoms with van der Waals surface area (Å²) in [5.74, 6) is -0.899. The van der Waals surface area contributed by atoms with E-state index in [1.807, 2.05) is 4.90 Å². The first kappa shape index (κ1) is 15.1. The highest BCUT2D eigenvalue weighted by molar-refractivity contribution is 5.77. The molecular weight excluding hydrogens is 258 g/mol. The number of amides is 2. The Morgan fingerprint density at radius 2 is 2.05 bits per heavy atom. The fraction of sp³-hybridized carbons (Fsp3) is 0.857. The minimum absolute atomic E-state index is 0.0729. The molecule has 0 aromatic rings. The molecule has 6 heteroatoms. The summed E-state index contributed by atoms with van der Waals surface area (Å²) in [7, 11) is 0. The molecule has 2 saturated heterocycles. The lowest BCUT2D eigenvalue weighted by Gasteiger charge is -2.43. The maximum atomic E-state index is 12.4. The Balaban J connectivity index is 1.96. The quantitative estimate of drug-likeness (QED) is 0.814. The van der Waals surface area contributed by atoms with Gasteiger partial charge in [-0.1, -0.05) is 0 Å². The molecule has 20 heavy (non-hydrogen) atoms. The summed E-state index contributed by atoms with van der Waals surface area (Å²) in [6.45, 7) is 8.34. The summed E-state index contributed by atoms with van der Waals surface area (Å²) in [6.07, 6.45) is 2.28. The van der Waals surface area contributed by atoms with Gasteiger partial charge < -0.3 is 15.3 Å². The van der Waals surface area contributed by atoms with Crippen molar-refractivity contribution in [2.45, 2.75) is 57.7 Å². The van der Waals surface area contributed by atoms with Crippen molar-refractivity contribution >= 4 is 12.0 Å². The third-order valence-electron chi connectivity index (χ3n) is 4.24. The van der Waals surface area contributed by atoms with Crippen LogP contribution in [0.1, 0.15) is 40.0 Å². The van der Waals surface area contributed by atoms with Crippen molar-refractivity contribution in [3.8, 4) is 0 Å². The highest BCUT2D eigenvalue weighted by Crippen LogP contribution is 2.25. The van der Waals surface area contributed by atoms with Gasteiger partial charge in [0.05, 0.1) is 6.42 Å². The van der Waals surface area contributed by atoms with Crippen molar-refractivity contribution < 1.29 is 14.7 Å². The molecule has 2 aliphatic heterocycles. The first-order valence-electron chi connectivity index (χ1n) is 7.33. The largest absolute Gasteiger partial charge is 0.481 e. The van der Waals surface area contributed by atoms with Gasteiger partial charge in [-0.05, 0) is 40.2 Å². The topological polar surface area (TPSA) is 72.9 Å². The smallest absolute Gasteiger partial charge is 0.318 e. The van der Waals surface area contributed by atoms with Gasteiger partial charge in [-0.15, -0.1) is 0 Å². The number of aliphatic carboxylic acids is 1. The van der Waals surface area contributed by atoms with Gasteiger partial charge in [0.25, 0.3) is 0 Å². The van der Waals surface area contributed by atoms with Gasteiger partial charge >= 0.3 is 12.0 Å². The summed E-state index contributed by atoms with van der Waals surface area (Å²) in [5.41, 5.74) is -0.727. The van der Waals surface area contributed by atoms with Crippen LogP contribution in [0.3, 0.4) is 0 Å². The van der Waals surface area contributed by atoms with Crippen molar-refractivity contribution in [2.75, 3.05) is 19.6 Å². The van der Waals surface area contributed by atoms with E-state index in [0.29, 0.717) is 6.04 Å². The van der Waals surface area contributed by atoms with Crippen LogP contribution in [0, 0.1) is 0 Å². The van der Waals surface area contributed by atoms with Crippen LogP contribution in [0.25, 0.3) is 0 Å². The number of carbonyl (C=O) groups excluding carboxylic acids is 1. The van der Waals surface area contributed by atoms with E-state index in [2.05, 4.69) is 17.1 Å². The van der Waals surface area contributed by atoms with Gasteiger partial charge in [0, 0.05) is 30.7 Å². The van der Waals surface area contributed by atoms with Gasteiger partial charge in [0.1, 0.15) is 0 Å². The first-order valence-corrected chi connectivity index (χ1v) is 7.33. The van der Waals surface area contributed by atoms with Crippen LogP contribution in [-0.4, -0.2) is 64.2 Å². The number of carbonyl (C=O) groups is 2. The maximum Gasteiger partial charge on any atom is 0.318 e. The Hall–Kier alpha value is -1.30. The van der Waals surface area contributed by atoms with Gasteiger partial charge in [-0.3, -0.25) is 9.69 Å². The number of hydrogen-bond donors (Lipinski definition) is 2. The number of carboxylic acid groups (broad SMARTS) is 1. The SMILES string of the molecule is CC1CN2CCCC2CN1C(=O)NC(C)(C)CC(=O)O. The molecule has 2 aliphatic rings. The normalized spacial score (nSPS) is 27.2. The van der Waals surface area contributed by atoms with Gasteiger partial charge in [-0.2, -0.15) is 0 Å². The monoisotopic (exact) mass is 283 g/mol. The third kappa shape index (κ3) is 3.42. The number of rotatable bonds is 3. The van der Waals surface area contributed by atoms with E-state index >= 15 is 0 Å². The molecule has 0 bridgehead atoms. The van der Waals surface area contributed by atoms with Crippen LogP contribution >= 0.6 is 0 Å². The summed E-state index contributed by atoms with van der Waals surface area (Å²) in [6, 6.07) is 0.500. The molecule has 2 N–H and O–H groups in total. The second-order valence-electron chi connectivity index (χ2n) is 6.68. The van der Waals surface area contributed by atoms with Crippen molar-refractivity contribution in [3.63, 3.8) is 0 Å². The molecule has 0 radical (unpaired) electrons. The Morgan fingerprint density at radius 3 is 2.70 bits per heavy atom. The van der Waals surface area contributed by atoms with Gasteiger partial charge in [0.15, 0.2) is 0 Å². The summed E-state index contributed by atoms with van der Waals surface area (Å²) < 4.78 is 0. The van der Waals surface area contributed by atoms with Crippen LogP contribution in [0.5, 0.6) is 0 Å². The highest BCUT2D eigenvalue weighted by atomic mass is 16.4. The Morgan fingerprint density at radius 1 is 1.35 bits per heavy atom. The minimum Gasteiger partial charge on any atom is -0.481 e. The molecule has 0 aromatic heterocycles.